The number of methoxy groups -OCH3 is 1. The number of carbonyl (C=O) groups excluding carboxylic acids is 1. The molecule has 122 valence electrons. The number of nitrogens with one attached hydrogen (secondary N) is 1. The van der Waals surface area contributed by atoms with Crippen molar-refractivity contribution in [3.8, 4) is 17.0 Å². The summed E-state index contributed by atoms with van der Waals surface area (Å²) in [7, 11) is 1.60. The van der Waals surface area contributed by atoms with Crippen LogP contribution in [0.15, 0.2) is 48.7 Å². The van der Waals surface area contributed by atoms with E-state index in [1.165, 1.54) is 0 Å². The van der Waals surface area contributed by atoms with Gasteiger partial charge in [-0.05, 0) is 35.8 Å². The summed E-state index contributed by atoms with van der Waals surface area (Å²) >= 11 is 1.08. The minimum atomic E-state index is -0.259. The van der Waals surface area contributed by atoms with Gasteiger partial charge in [-0.2, -0.15) is 4.37 Å². The molecule has 24 heavy (non-hydrogen) atoms. The number of hydrogen-bond donors (Lipinski definition) is 2. The maximum Gasteiger partial charge on any atom is 0.265 e. The van der Waals surface area contributed by atoms with Crippen molar-refractivity contribution < 1.29 is 9.53 Å². The molecule has 6 nitrogen and oxygen atoms in total. The van der Waals surface area contributed by atoms with Gasteiger partial charge in [0.1, 0.15) is 16.3 Å². The van der Waals surface area contributed by atoms with E-state index in [1.54, 1.807) is 13.3 Å². The Morgan fingerprint density at radius 3 is 2.92 bits per heavy atom. The van der Waals surface area contributed by atoms with Gasteiger partial charge >= 0.3 is 0 Å². The molecule has 3 N–H and O–H groups in total. The van der Waals surface area contributed by atoms with Crippen LogP contribution in [0, 0.1) is 0 Å². The molecule has 0 aliphatic rings. The van der Waals surface area contributed by atoms with Crippen LogP contribution in [0.5, 0.6) is 5.75 Å². The number of nitrogens with two attached hydrogens (primary N) is 1. The molecule has 0 aliphatic carbocycles. The molecule has 2 heterocycles. The number of anilines is 1. The van der Waals surface area contributed by atoms with Crippen LogP contribution in [-0.2, 0) is 6.54 Å². The summed E-state index contributed by atoms with van der Waals surface area (Å²) in [6, 6.07) is 13.0. The van der Waals surface area contributed by atoms with E-state index < -0.39 is 0 Å². The number of nitrogens with zero attached hydrogens (tertiary/aromatic N) is 2. The molecule has 2 aromatic heterocycles. The smallest absolute Gasteiger partial charge is 0.265 e. The Morgan fingerprint density at radius 1 is 1.29 bits per heavy atom. The van der Waals surface area contributed by atoms with E-state index in [-0.39, 0.29) is 5.91 Å². The van der Waals surface area contributed by atoms with E-state index in [0.717, 1.165) is 22.8 Å². The normalized spacial score (nSPS) is 10.4. The van der Waals surface area contributed by atoms with Gasteiger partial charge in [0.25, 0.3) is 5.91 Å². The molecule has 7 heteroatoms. The van der Waals surface area contributed by atoms with Crippen molar-refractivity contribution >= 4 is 23.1 Å². The van der Waals surface area contributed by atoms with E-state index >= 15 is 0 Å². The van der Waals surface area contributed by atoms with Crippen LogP contribution in [0.3, 0.4) is 0 Å². The first-order valence-corrected chi connectivity index (χ1v) is 8.04. The van der Waals surface area contributed by atoms with Gasteiger partial charge in [-0.25, -0.2) is 0 Å². The quantitative estimate of drug-likeness (QED) is 0.745. The first kappa shape index (κ1) is 15.9. The second-order valence-electron chi connectivity index (χ2n) is 5.01. The van der Waals surface area contributed by atoms with Crippen molar-refractivity contribution in [1.29, 1.82) is 0 Å². The lowest BCUT2D eigenvalue weighted by Crippen LogP contribution is -2.23. The van der Waals surface area contributed by atoms with Crippen molar-refractivity contribution in [1.82, 2.24) is 14.7 Å². The largest absolute Gasteiger partial charge is 0.497 e. The summed E-state index contributed by atoms with van der Waals surface area (Å²) in [6.07, 6.45) is 1.68. The molecule has 0 bridgehead atoms. The standard InChI is InChI=1S/C17H16N4O2S/c1-23-13-7-4-5-11(9-13)15-14(18)16(24-21-15)17(22)20-10-12-6-2-3-8-19-12/h2-9H,10,18H2,1H3,(H,20,22). The Kier molecular flexibility index (Phi) is 4.72. The highest BCUT2D eigenvalue weighted by Gasteiger charge is 2.18. The van der Waals surface area contributed by atoms with E-state index in [4.69, 9.17) is 10.5 Å². The van der Waals surface area contributed by atoms with Gasteiger partial charge in [0, 0.05) is 11.8 Å². The van der Waals surface area contributed by atoms with E-state index in [0.29, 0.717) is 28.6 Å². The predicted molar refractivity (Wildman–Crippen MR) is 93.9 cm³/mol. The Labute approximate surface area is 143 Å². The lowest BCUT2D eigenvalue weighted by Gasteiger charge is -2.05. The zero-order chi connectivity index (χ0) is 16.9. The molecule has 0 saturated carbocycles. The third-order valence-corrected chi connectivity index (χ3v) is 4.30. The number of benzene rings is 1. The van der Waals surface area contributed by atoms with Crippen molar-refractivity contribution in [3.63, 3.8) is 0 Å². The molecule has 3 rings (SSSR count). The molecule has 0 atom stereocenters. The zero-order valence-corrected chi connectivity index (χ0v) is 13.8. The van der Waals surface area contributed by atoms with Crippen LogP contribution >= 0.6 is 11.5 Å². The molecule has 0 unspecified atom stereocenters. The van der Waals surface area contributed by atoms with Crippen molar-refractivity contribution in [2.45, 2.75) is 6.54 Å². The number of pyridine rings is 1. The van der Waals surface area contributed by atoms with Crippen LogP contribution in [0.1, 0.15) is 15.4 Å². The third kappa shape index (κ3) is 3.36. The first-order valence-electron chi connectivity index (χ1n) is 7.26. The van der Waals surface area contributed by atoms with E-state index in [9.17, 15) is 4.79 Å². The fraction of sp³-hybridized carbons (Fsp3) is 0.118. The van der Waals surface area contributed by atoms with E-state index in [1.807, 2.05) is 42.5 Å². The summed E-state index contributed by atoms with van der Waals surface area (Å²) in [5, 5.41) is 2.81. The molecule has 0 saturated heterocycles. The van der Waals surface area contributed by atoms with Crippen molar-refractivity contribution in [2.24, 2.45) is 0 Å². The number of aromatic nitrogens is 2. The van der Waals surface area contributed by atoms with Gasteiger partial charge in [0.2, 0.25) is 0 Å². The van der Waals surface area contributed by atoms with Gasteiger partial charge in [-0.3, -0.25) is 9.78 Å². The van der Waals surface area contributed by atoms with Gasteiger partial charge in [0.15, 0.2) is 0 Å². The summed E-state index contributed by atoms with van der Waals surface area (Å²) in [4.78, 5) is 16.9. The maximum atomic E-state index is 12.3. The van der Waals surface area contributed by atoms with Gasteiger partial charge in [0.05, 0.1) is 25.0 Å². The second kappa shape index (κ2) is 7.10. The van der Waals surface area contributed by atoms with Crippen LogP contribution < -0.4 is 15.8 Å². The van der Waals surface area contributed by atoms with Crippen LogP contribution in [0.2, 0.25) is 0 Å². The van der Waals surface area contributed by atoms with Crippen LogP contribution in [0.25, 0.3) is 11.3 Å². The second-order valence-corrected chi connectivity index (χ2v) is 5.78. The Balaban J connectivity index is 1.77. The third-order valence-electron chi connectivity index (χ3n) is 3.43. The Morgan fingerprint density at radius 2 is 2.17 bits per heavy atom. The first-order chi connectivity index (χ1) is 11.7. The number of amides is 1. The van der Waals surface area contributed by atoms with Crippen molar-refractivity contribution in [3.05, 3.63) is 59.2 Å². The minimum Gasteiger partial charge on any atom is -0.497 e. The fourth-order valence-corrected chi connectivity index (χ4v) is 2.93. The minimum absolute atomic E-state index is 0.259. The summed E-state index contributed by atoms with van der Waals surface area (Å²) in [6.45, 7) is 0.339. The molecule has 1 amide bonds. The lowest BCUT2D eigenvalue weighted by molar-refractivity contribution is 0.0955. The molecule has 3 aromatic rings. The average molecular weight is 340 g/mol. The van der Waals surface area contributed by atoms with Gasteiger partial charge in [-0.15, -0.1) is 0 Å². The molecule has 0 spiro atoms. The van der Waals surface area contributed by atoms with E-state index in [2.05, 4.69) is 14.7 Å². The predicted octanol–water partition coefficient (Wildman–Crippen LogP) is 2.73. The van der Waals surface area contributed by atoms with Gasteiger partial charge < -0.3 is 15.8 Å². The van der Waals surface area contributed by atoms with Gasteiger partial charge in [-0.1, -0.05) is 18.2 Å². The number of rotatable bonds is 5. The van der Waals surface area contributed by atoms with Crippen molar-refractivity contribution in [2.75, 3.05) is 12.8 Å². The highest BCUT2D eigenvalue weighted by molar-refractivity contribution is 7.09. The summed E-state index contributed by atoms with van der Waals surface area (Å²) < 4.78 is 9.53. The Bertz CT molecular complexity index is 849. The molecule has 0 fully saturated rings. The van der Waals surface area contributed by atoms with Crippen LogP contribution in [0.4, 0.5) is 5.69 Å². The molecule has 0 aliphatic heterocycles. The zero-order valence-electron chi connectivity index (χ0n) is 13.0. The lowest BCUT2D eigenvalue weighted by atomic mass is 10.1. The Hall–Kier alpha value is -2.93. The topological polar surface area (TPSA) is 90.1 Å². The monoisotopic (exact) mass is 340 g/mol. The number of nitrogen functional groups attached to an aromatic ring is 1. The number of ether oxygens (including phenoxy) is 1. The summed E-state index contributed by atoms with van der Waals surface area (Å²) in [5.41, 5.74) is 8.67. The highest BCUT2D eigenvalue weighted by atomic mass is 32.1. The maximum absolute atomic E-state index is 12.3. The molecular weight excluding hydrogens is 324 g/mol. The average Bonchev–Trinajstić information content (AvgIpc) is 3.02. The molecule has 0 radical (unpaired) electrons. The van der Waals surface area contributed by atoms with Crippen LogP contribution in [-0.4, -0.2) is 22.4 Å². The highest BCUT2D eigenvalue weighted by Crippen LogP contribution is 2.32. The molecule has 1 aromatic carbocycles. The number of hydrogen-bond acceptors (Lipinski definition) is 6. The fourth-order valence-electron chi connectivity index (χ4n) is 2.19. The summed E-state index contributed by atoms with van der Waals surface area (Å²) in [5.74, 6) is 0.450. The number of carbonyl (C=O) groups is 1. The SMILES string of the molecule is COc1cccc(-c2nsc(C(=O)NCc3ccccn3)c2N)c1. The molecular formula is C17H16N4O2S.